The lowest BCUT2D eigenvalue weighted by atomic mass is 9.87. The van der Waals surface area contributed by atoms with Crippen LogP contribution in [0.15, 0.2) is 42.5 Å². The first kappa shape index (κ1) is 12.5. The number of aryl methyl sites for hydroxylation is 1. The van der Waals surface area contributed by atoms with Crippen molar-refractivity contribution in [2.24, 2.45) is 0 Å². The molecule has 2 aliphatic rings. The smallest absolute Gasteiger partial charge is 0.177 e. The molecule has 0 N–H and O–H groups in total. The van der Waals surface area contributed by atoms with Crippen molar-refractivity contribution in [3.05, 3.63) is 59.2 Å². The molecule has 4 rings (SSSR count). The number of hydrogen-bond acceptors (Lipinski definition) is 3. The standard InChI is InChI=1S/C18H16O3/c19-18-14-5-1-2-6-17(14)21-11-15(18)12-7-8-16-13(10-12)4-3-9-20-16/h1-2,5-8,10,15H,3-4,9,11H2. The van der Waals surface area contributed by atoms with E-state index in [9.17, 15) is 4.79 Å². The molecule has 1 atom stereocenters. The predicted octanol–water partition coefficient (Wildman–Crippen LogP) is 3.37. The van der Waals surface area contributed by atoms with E-state index in [2.05, 4.69) is 6.07 Å². The van der Waals surface area contributed by atoms with Crippen LogP contribution in [0.4, 0.5) is 0 Å². The van der Waals surface area contributed by atoms with Crippen LogP contribution in [0.1, 0.15) is 33.8 Å². The van der Waals surface area contributed by atoms with Gasteiger partial charge >= 0.3 is 0 Å². The molecule has 0 aromatic heterocycles. The summed E-state index contributed by atoms with van der Waals surface area (Å²) in [4.78, 5) is 12.7. The second kappa shape index (κ2) is 4.92. The van der Waals surface area contributed by atoms with Gasteiger partial charge in [-0.1, -0.05) is 24.3 Å². The van der Waals surface area contributed by atoms with Gasteiger partial charge in [0.2, 0.25) is 0 Å². The summed E-state index contributed by atoms with van der Waals surface area (Å²) >= 11 is 0. The number of fused-ring (bicyclic) bond motifs is 2. The summed E-state index contributed by atoms with van der Waals surface area (Å²) in [6.45, 7) is 1.20. The molecule has 0 radical (unpaired) electrons. The van der Waals surface area contributed by atoms with Gasteiger partial charge in [-0.2, -0.15) is 0 Å². The SMILES string of the molecule is O=C1c2ccccc2OCC1c1ccc2c(c1)CCCO2. The van der Waals surface area contributed by atoms with E-state index >= 15 is 0 Å². The van der Waals surface area contributed by atoms with Crippen LogP contribution in [0, 0.1) is 0 Å². The molecule has 0 saturated carbocycles. The normalized spacial score (nSPS) is 20.0. The lowest BCUT2D eigenvalue weighted by Crippen LogP contribution is -2.26. The Morgan fingerprint density at radius 3 is 2.86 bits per heavy atom. The van der Waals surface area contributed by atoms with E-state index in [-0.39, 0.29) is 11.7 Å². The van der Waals surface area contributed by atoms with E-state index < -0.39 is 0 Å². The van der Waals surface area contributed by atoms with Crippen molar-refractivity contribution >= 4 is 5.78 Å². The zero-order valence-electron chi connectivity index (χ0n) is 11.7. The molecular weight excluding hydrogens is 264 g/mol. The lowest BCUT2D eigenvalue weighted by molar-refractivity contribution is 0.0896. The van der Waals surface area contributed by atoms with E-state index in [0.29, 0.717) is 17.9 Å². The largest absolute Gasteiger partial charge is 0.493 e. The first-order valence-corrected chi connectivity index (χ1v) is 7.34. The van der Waals surface area contributed by atoms with Crippen LogP contribution >= 0.6 is 0 Å². The Balaban J connectivity index is 1.70. The molecule has 2 aliphatic heterocycles. The van der Waals surface area contributed by atoms with E-state index in [4.69, 9.17) is 9.47 Å². The van der Waals surface area contributed by atoms with Crippen LogP contribution < -0.4 is 9.47 Å². The Kier molecular flexibility index (Phi) is 2.92. The van der Waals surface area contributed by atoms with Gasteiger partial charge in [0.1, 0.15) is 18.1 Å². The zero-order chi connectivity index (χ0) is 14.2. The zero-order valence-corrected chi connectivity index (χ0v) is 11.7. The van der Waals surface area contributed by atoms with Crippen molar-refractivity contribution in [2.75, 3.05) is 13.2 Å². The maximum atomic E-state index is 12.7. The average molecular weight is 280 g/mol. The van der Waals surface area contributed by atoms with Gasteiger partial charge in [-0.15, -0.1) is 0 Å². The summed E-state index contributed by atoms with van der Waals surface area (Å²) in [5.74, 6) is 1.58. The maximum Gasteiger partial charge on any atom is 0.177 e. The number of carbonyl (C=O) groups is 1. The van der Waals surface area contributed by atoms with E-state index in [1.54, 1.807) is 0 Å². The summed E-state index contributed by atoms with van der Waals surface area (Å²) in [5, 5.41) is 0. The quantitative estimate of drug-likeness (QED) is 0.803. The van der Waals surface area contributed by atoms with Gasteiger partial charge in [-0.3, -0.25) is 4.79 Å². The molecule has 3 nitrogen and oxygen atoms in total. The minimum Gasteiger partial charge on any atom is -0.493 e. The molecule has 3 heteroatoms. The van der Waals surface area contributed by atoms with Crippen LogP contribution in [0.5, 0.6) is 11.5 Å². The van der Waals surface area contributed by atoms with Crippen molar-refractivity contribution in [1.29, 1.82) is 0 Å². The van der Waals surface area contributed by atoms with Gasteiger partial charge < -0.3 is 9.47 Å². The van der Waals surface area contributed by atoms with Crippen molar-refractivity contribution < 1.29 is 14.3 Å². The first-order chi connectivity index (χ1) is 10.3. The summed E-state index contributed by atoms with van der Waals surface area (Å²) < 4.78 is 11.4. The average Bonchev–Trinajstić information content (AvgIpc) is 2.55. The monoisotopic (exact) mass is 280 g/mol. The fraction of sp³-hybridized carbons (Fsp3) is 0.278. The molecular formula is C18H16O3. The number of Topliss-reactive ketones (excluding diaryl/α,β-unsaturated/α-hetero) is 1. The van der Waals surface area contributed by atoms with Crippen molar-refractivity contribution in [3.8, 4) is 11.5 Å². The van der Waals surface area contributed by atoms with Gasteiger partial charge in [0.25, 0.3) is 0 Å². The summed E-state index contributed by atoms with van der Waals surface area (Å²) in [7, 11) is 0. The first-order valence-electron chi connectivity index (χ1n) is 7.34. The number of hydrogen-bond donors (Lipinski definition) is 0. The number of para-hydroxylation sites is 1. The molecule has 2 aromatic carbocycles. The van der Waals surface area contributed by atoms with E-state index in [0.717, 1.165) is 30.8 Å². The van der Waals surface area contributed by atoms with Gasteiger partial charge in [0.15, 0.2) is 5.78 Å². The Hall–Kier alpha value is -2.29. The number of ketones is 1. The summed E-state index contributed by atoms with van der Waals surface area (Å²) in [6.07, 6.45) is 2.05. The molecule has 2 aromatic rings. The molecule has 0 spiro atoms. The maximum absolute atomic E-state index is 12.7. The third-order valence-corrected chi connectivity index (χ3v) is 4.21. The fourth-order valence-corrected chi connectivity index (χ4v) is 3.08. The van der Waals surface area contributed by atoms with Gasteiger partial charge in [-0.25, -0.2) is 0 Å². The lowest BCUT2D eigenvalue weighted by Gasteiger charge is -2.25. The fourth-order valence-electron chi connectivity index (χ4n) is 3.08. The van der Waals surface area contributed by atoms with Gasteiger partial charge in [0.05, 0.1) is 18.1 Å². The third kappa shape index (κ3) is 2.09. The highest BCUT2D eigenvalue weighted by Gasteiger charge is 2.30. The Morgan fingerprint density at radius 2 is 1.90 bits per heavy atom. The molecule has 21 heavy (non-hydrogen) atoms. The highest BCUT2D eigenvalue weighted by molar-refractivity contribution is 6.04. The molecule has 1 unspecified atom stereocenters. The van der Waals surface area contributed by atoms with E-state index in [1.165, 1.54) is 5.56 Å². The minimum absolute atomic E-state index is 0.147. The number of rotatable bonds is 1. The molecule has 0 fully saturated rings. The van der Waals surface area contributed by atoms with Crippen molar-refractivity contribution in [2.45, 2.75) is 18.8 Å². The third-order valence-electron chi connectivity index (χ3n) is 4.21. The number of benzene rings is 2. The second-order valence-electron chi connectivity index (χ2n) is 5.54. The highest BCUT2D eigenvalue weighted by atomic mass is 16.5. The summed E-state index contributed by atoms with van der Waals surface area (Å²) in [5.41, 5.74) is 2.91. The number of carbonyl (C=O) groups excluding carboxylic acids is 1. The van der Waals surface area contributed by atoms with Gasteiger partial charge in [0, 0.05) is 0 Å². The van der Waals surface area contributed by atoms with Crippen molar-refractivity contribution in [3.63, 3.8) is 0 Å². The van der Waals surface area contributed by atoms with Crippen LogP contribution in [0.25, 0.3) is 0 Å². The van der Waals surface area contributed by atoms with E-state index in [1.807, 2.05) is 36.4 Å². The highest BCUT2D eigenvalue weighted by Crippen LogP contribution is 2.34. The molecule has 2 heterocycles. The van der Waals surface area contributed by atoms with Gasteiger partial charge in [-0.05, 0) is 42.2 Å². The predicted molar refractivity (Wildman–Crippen MR) is 79.3 cm³/mol. The number of ether oxygens (including phenoxy) is 2. The molecule has 106 valence electrons. The molecule has 0 saturated heterocycles. The molecule has 0 aliphatic carbocycles. The van der Waals surface area contributed by atoms with Crippen LogP contribution in [0.3, 0.4) is 0 Å². The molecule has 0 amide bonds. The Morgan fingerprint density at radius 1 is 1.00 bits per heavy atom. The van der Waals surface area contributed by atoms with Crippen molar-refractivity contribution in [1.82, 2.24) is 0 Å². The van der Waals surface area contributed by atoms with Crippen LogP contribution in [-0.4, -0.2) is 19.0 Å². The van der Waals surface area contributed by atoms with Crippen LogP contribution in [0.2, 0.25) is 0 Å². The second-order valence-corrected chi connectivity index (χ2v) is 5.54. The minimum atomic E-state index is -0.216. The Bertz CT molecular complexity index is 705. The summed E-state index contributed by atoms with van der Waals surface area (Å²) in [6, 6.07) is 13.5. The topological polar surface area (TPSA) is 35.5 Å². The van der Waals surface area contributed by atoms with Crippen LogP contribution in [-0.2, 0) is 6.42 Å². The Labute approximate surface area is 123 Å². The molecule has 0 bridgehead atoms.